The van der Waals surface area contributed by atoms with Crippen molar-refractivity contribution in [3.05, 3.63) is 71.3 Å². The van der Waals surface area contributed by atoms with E-state index in [4.69, 9.17) is 4.18 Å². The molecule has 0 saturated heterocycles. The van der Waals surface area contributed by atoms with Gasteiger partial charge in [0.25, 0.3) is 10.1 Å². The maximum absolute atomic E-state index is 12.5. The first-order valence-electron chi connectivity index (χ1n) is 8.46. The third kappa shape index (κ3) is 3.53. The highest BCUT2D eigenvalue weighted by atomic mass is 32.2. The number of benzene rings is 2. The van der Waals surface area contributed by atoms with Gasteiger partial charge < -0.3 is 10.4 Å². The highest BCUT2D eigenvalue weighted by Gasteiger charge is 2.38. The van der Waals surface area contributed by atoms with Gasteiger partial charge in [0, 0.05) is 23.2 Å². The van der Waals surface area contributed by atoms with E-state index in [9.17, 15) is 13.5 Å². The van der Waals surface area contributed by atoms with Gasteiger partial charge in [0.1, 0.15) is 0 Å². The smallest absolute Gasteiger partial charge is 0.297 e. The van der Waals surface area contributed by atoms with Crippen LogP contribution in [0.1, 0.15) is 18.1 Å². The molecule has 0 bridgehead atoms. The zero-order chi connectivity index (χ0) is 18.8. The minimum Gasteiger partial charge on any atom is -0.395 e. The molecule has 2 aromatic carbocycles. The Kier molecular flexibility index (Phi) is 5.18. The summed E-state index contributed by atoms with van der Waals surface area (Å²) in [6.07, 6.45) is 0. The lowest BCUT2D eigenvalue weighted by Crippen LogP contribution is -2.30. The number of aryl methyl sites for hydroxylation is 1. The molecular weight excluding hydrogens is 350 g/mol. The van der Waals surface area contributed by atoms with E-state index < -0.39 is 15.5 Å². The number of aliphatic hydroxyl groups excluding tert-OH is 1. The summed E-state index contributed by atoms with van der Waals surface area (Å²) in [6, 6.07) is 15.9. The van der Waals surface area contributed by atoms with Crippen LogP contribution in [-0.2, 0) is 14.3 Å². The lowest BCUT2D eigenvalue weighted by molar-refractivity contribution is 0.172. The molecule has 26 heavy (non-hydrogen) atoms. The van der Waals surface area contributed by atoms with E-state index in [1.165, 1.54) is 12.1 Å². The molecule has 1 atom stereocenters. The predicted molar refractivity (Wildman–Crippen MR) is 101 cm³/mol. The molecule has 2 aromatic rings. The van der Waals surface area contributed by atoms with Gasteiger partial charge in [-0.1, -0.05) is 49.4 Å². The second kappa shape index (κ2) is 7.23. The Morgan fingerprint density at radius 2 is 1.77 bits per heavy atom. The zero-order valence-corrected chi connectivity index (χ0v) is 15.7. The van der Waals surface area contributed by atoms with Crippen molar-refractivity contribution in [2.45, 2.75) is 18.7 Å². The lowest BCUT2D eigenvalue weighted by Gasteiger charge is -2.24. The summed E-state index contributed by atoms with van der Waals surface area (Å²) < 4.78 is 30.3. The SMILES string of the molecule is Cc1ccccc1C1=C(COS(=O)(=O)c2ccccc2)C(C)(CO)CN1. The molecule has 0 aromatic heterocycles. The topological polar surface area (TPSA) is 75.6 Å². The van der Waals surface area contributed by atoms with Gasteiger partial charge in [0.2, 0.25) is 0 Å². The van der Waals surface area contributed by atoms with Gasteiger partial charge in [-0.3, -0.25) is 4.18 Å². The molecule has 0 amide bonds. The maximum atomic E-state index is 12.5. The fourth-order valence-corrected chi connectivity index (χ4v) is 4.00. The van der Waals surface area contributed by atoms with Gasteiger partial charge in [0.05, 0.1) is 18.1 Å². The number of hydrogen-bond acceptors (Lipinski definition) is 5. The number of nitrogens with one attached hydrogen (secondary N) is 1. The minimum absolute atomic E-state index is 0.0978. The third-order valence-corrected chi connectivity index (χ3v) is 6.12. The van der Waals surface area contributed by atoms with Gasteiger partial charge >= 0.3 is 0 Å². The number of rotatable bonds is 6. The van der Waals surface area contributed by atoms with Crippen LogP contribution in [-0.4, -0.2) is 33.3 Å². The van der Waals surface area contributed by atoms with Crippen LogP contribution in [0.2, 0.25) is 0 Å². The van der Waals surface area contributed by atoms with Crippen LogP contribution in [0, 0.1) is 12.3 Å². The van der Waals surface area contributed by atoms with E-state index in [0.717, 1.165) is 22.4 Å². The van der Waals surface area contributed by atoms with E-state index in [0.29, 0.717) is 6.54 Å². The Labute approximate surface area is 154 Å². The molecule has 1 unspecified atom stereocenters. The summed E-state index contributed by atoms with van der Waals surface area (Å²) in [4.78, 5) is 0.120. The second-order valence-corrected chi connectivity index (χ2v) is 8.39. The molecule has 138 valence electrons. The molecule has 6 heteroatoms. The molecule has 0 saturated carbocycles. The molecule has 0 aliphatic carbocycles. The summed E-state index contributed by atoms with van der Waals surface area (Å²) in [6.45, 7) is 4.22. The first kappa shape index (κ1) is 18.6. The van der Waals surface area contributed by atoms with Crippen molar-refractivity contribution in [2.75, 3.05) is 19.8 Å². The summed E-state index contributed by atoms with van der Waals surface area (Å²) in [5.41, 5.74) is 3.07. The Balaban J connectivity index is 1.96. The number of aliphatic hydroxyl groups is 1. The monoisotopic (exact) mass is 373 g/mol. The van der Waals surface area contributed by atoms with Crippen molar-refractivity contribution in [3.63, 3.8) is 0 Å². The highest BCUT2D eigenvalue weighted by molar-refractivity contribution is 7.86. The van der Waals surface area contributed by atoms with E-state index in [1.54, 1.807) is 18.2 Å². The average molecular weight is 373 g/mol. The number of hydrogen-bond donors (Lipinski definition) is 2. The van der Waals surface area contributed by atoms with Gasteiger partial charge in [-0.05, 0) is 30.2 Å². The van der Waals surface area contributed by atoms with Crippen molar-refractivity contribution < 1.29 is 17.7 Å². The first-order valence-corrected chi connectivity index (χ1v) is 9.87. The van der Waals surface area contributed by atoms with Crippen LogP contribution in [0.3, 0.4) is 0 Å². The molecule has 1 aliphatic rings. The molecule has 5 nitrogen and oxygen atoms in total. The first-order chi connectivity index (χ1) is 12.4. The van der Waals surface area contributed by atoms with Crippen molar-refractivity contribution in [1.82, 2.24) is 5.32 Å². The van der Waals surface area contributed by atoms with Crippen molar-refractivity contribution in [3.8, 4) is 0 Å². The van der Waals surface area contributed by atoms with Crippen LogP contribution in [0.5, 0.6) is 0 Å². The van der Waals surface area contributed by atoms with Crippen LogP contribution in [0.25, 0.3) is 5.70 Å². The molecule has 0 fully saturated rings. The van der Waals surface area contributed by atoms with Crippen LogP contribution in [0.4, 0.5) is 0 Å². The average Bonchev–Trinajstić information content (AvgIpc) is 2.98. The van der Waals surface area contributed by atoms with Crippen LogP contribution in [0.15, 0.2) is 65.1 Å². The molecule has 3 rings (SSSR count). The summed E-state index contributed by atoms with van der Waals surface area (Å²) >= 11 is 0. The van der Waals surface area contributed by atoms with E-state index >= 15 is 0 Å². The van der Waals surface area contributed by atoms with Gasteiger partial charge in [-0.15, -0.1) is 0 Å². The Morgan fingerprint density at radius 1 is 1.12 bits per heavy atom. The van der Waals surface area contributed by atoms with E-state index in [-0.39, 0.29) is 18.1 Å². The fraction of sp³-hybridized carbons (Fsp3) is 0.300. The normalized spacial score (nSPS) is 20.3. The standard InChI is InChI=1S/C20H23NO4S/c1-15-8-6-7-11-17(15)19-18(20(2,14-22)13-21-19)12-25-26(23,24)16-9-4-3-5-10-16/h3-11,21-22H,12-14H2,1-2H3. The molecule has 1 heterocycles. The van der Waals surface area contributed by atoms with Crippen LogP contribution < -0.4 is 5.32 Å². The molecule has 0 radical (unpaired) electrons. The van der Waals surface area contributed by atoms with E-state index in [2.05, 4.69) is 5.32 Å². The molecule has 0 spiro atoms. The quantitative estimate of drug-likeness (QED) is 0.762. The van der Waals surface area contributed by atoms with Crippen molar-refractivity contribution >= 4 is 15.8 Å². The lowest BCUT2D eigenvalue weighted by atomic mass is 9.84. The summed E-state index contributed by atoms with van der Waals surface area (Å²) in [5.74, 6) is 0. The largest absolute Gasteiger partial charge is 0.395 e. The maximum Gasteiger partial charge on any atom is 0.297 e. The highest BCUT2D eigenvalue weighted by Crippen LogP contribution is 2.38. The minimum atomic E-state index is -3.87. The van der Waals surface area contributed by atoms with E-state index in [1.807, 2.05) is 38.1 Å². The zero-order valence-electron chi connectivity index (χ0n) is 14.9. The van der Waals surface area contributed by atoms with Gasteiger partial charge in [-0.2, -0.15) is 8.42 Å². The summed E-state index contributed by atoms with van der Waals surface area (Å²) in [5, 5.41) is 13.2. The molecule has 2 N–H and O–H groups in total. The molecule has 1 aliphatic heterocycles. The Bertz CT molecular complexity index is 922. The molecular formula is C20H23NO4S. The fourth-order valence-electron chi connectivity index (χ4n) is 3.10. The van der Waals surface area contributed by atoms with Crippen molar-refractivity contribution in [1.29, 1.82) is 0 Å². The third-order valence-electron chi connectivity index (χ3n) is 4.84. The van der Waals surface area contributed by atoms with Gasteiger partial charge in [0.15, 0.2) is 0 Å². The Hall–Kier alpha value is -2.15. The predicted octanol–water partition coefficient (Wildman–Crippen LogP) is 2.71. The van der Waals surface area contributed by atoms with Crippen molar-refractivity contribution in [2.24, 2.45) is 5.41 Å². The second-order valence-electron chi connectivity index (χ2n) is 6.77. The van der Waals surface area contributed by atoms with Gasteiger partial charge in [-0.25, -0.2) is 0 Å². The Morgan fingerprint density at radius 3 is 2.42 bits per heavy atom. The summed E-state index contributed by atoms with van der Waals surface area (Å²) in [7, 11) is -3.87. The van der Waals surface area contributed by atoms with Crippen LogP contribution >= 0.6 is 0 Å².